The lowest BCUT2D eigenvalue weighted by molar-refractivity contribution is -0.117. The molecule has 1 aromatic rings. The topological polar surface area (TPSA) is 69.2 Å². The molecule has 1 unspecified atom stereocenters. The van der Waals surface area contributed by atoms with Crippen LogP contribution < -0.4 is 19.5 Å². The van der Waals surface area contributed by atoms with Crippen LogP contribution in [0, 0.1) is 0 Å². The van der Waals surface area contributed by atoms with Crippen LogP contribution in [0.4, 0.5) is 0 Å². The predicted molar refractivity (Wildman–Crippen MR) is 76.5 cm³/mol. The summed E-state index contributed by atoms with van der Waals surface area (Å²) in [6.07, 6.45) is 1.69. The summed E-state index contributed by atoms with van der Waals surface area (Å²) in [7, 11) is 3.10. The highest BCUT2D eigenvalue weighted by Gasteiger charge is 2.31. The highest BCUT2D eigenvalue weighted by Crippen LogP contribution is 2.39. The maximum absolute atomic E-state index is 11.9. The van der Waals surface area contributed by atoms with E-state index in [1.165, 1.54) is 0 Å². The van der Waals surface area contributed by atoms with Crippen LogP contribution in [0.5, 0.6) is 17.2 Å². The number of rotatable bonds is 2. The molecule has 1 aromatic carbocycles. The number of thiol groups is 1. The Morgan fingerprint density at radius 2 is 2.15 bits per heavy atom. The van der Waals surface area contributed by atoms with E-state index in [4.69, 9.17) is 14.2 Å². The van der Waals surface area contributed by atoms with Crippen LogP contribution in [0.3, 0.4) is 0 Å². The van der Waals surface area contributed by atoms with Gasteiger partial charge in [0.1, 0.15) is 22.8 Å². The van der Waals surface area contributed by atoms with E-state index in [2.05, 4.69) is 22.9 Å². The minimum absolute atomic E-state index is 0.247. The van der Waals surface area contributed by atoms with Crippen molar-refractivity contribution in [3.05, 3.63) is 23.3 Å². The quantitative estimate of drug-likeness (QED) is 0.804. The molecule has 3 rings (SSSR count). The standard InChI is InChI=1S/C13H12N2O4S/c1-17-6-3-9(18-2)7-5-8-11(16)14-13(20)15-12(8)19-10(7)4-6/h3-5,13,20H,1-2H3,(H,14,16). The average molecular weight is 292 g/mol. The molecule has 0 radical (unpaired) electrons. The fourth-order valence-corrected chi connectivity index (χ4v) is 2.27. The van der Waals surface area contributed by atoms with Crippen LogP contribution >= 0.6 is 12.6 Å². The number of carbonyl (C=O) groups is 1. The largest absolute Gasteiger partial charge is 0.496 e. The summed E-state index contributed by atoms with van der Waals surface area (Å²) in [6, 6.07) is 3.44. The number of hydrogen-bond donors (Lipinski definition) is 2. The number of benzene rings is 1. The molecule has 2 heterocycles. The Balaban J connectivity index is 2.17. The Labute approximate surface area is 120 Å². The Hall–Kier alpha value is -2.15. The predicted octanol–water partition coefficient (Wildman–Crippen LogP) is 1.22. The Morgan fingerprint density at radius 3 is 2.85 bits per heavy atom. The van der Waals surface area contributed by atoms with Crippen LogP contribution in [0.15, 0.2) is 22.7 Å². The summed E-state index contributed by atoms with van der Waals surface area (Å²) in [5, 5.41) is 2.59. The molecule has 1 atom stereocenters. The van der Waals surface area contributed by atoms with Gasteiger partial charge in [-0.15, -0.1) is 12.6 Å². The number of carbonyl (C=O) groups excluding carboxylic acids is 1. The van der Waals surface area contributed by atoms with Gasteiger partial charge in [0.2, 0.25) is 5.90 Å². The molecule has 0 saturated carbocycles. The third-order valence-corrected chi connectivity index (χ3v) is 3.25. The first kappa shape index (κ1) is 12.9. The van der Waals surface area contributed by atoms with Gasteiger partial charge in [-0.1, -0.05) is 0 Å². The SMILES string of the molecule is COc1cc(OC)c2c(c1)OC1=NC(S)NC(=O)C1=C2. The highest BCUT2D eigenvalue weighted by molar-refractivity contribution is 7.80. The highest BCUT2D eigenvalue weighted by atomic mass is 32.1. The number of fused-ring (bicyclic) bond motifs is 2. The van der Waals surface area contributed by atoms with Gasteiger partial charge in [-0.2, -0.15) is 0 Å². The second kappa shape index (κ2) is 4.75. The molecule has 2 aliphatic rings. The smallest absolute Gasteiger partial charge is 0.259 e. The molecule has 0 fully saturated rings. The van der Waals surface area contributed by atoms with Crippen molar-refractivity contribution in [2.45, 2.75) is 5.50 Å². The van der Waals surface area contributed by atoms with E-state index in [-0.39, 0.29) is 11.8 Å². The molecule has 0 saturated heterocycles. The maximum atomic E-state index is 11.9. The van der Waals surface area contributed by atoms with E-state index in [1.54, 1.807) is 32.4 Å². The fraction of sp³-hybridized carbons (Fsp3) is 0.231. The molecule has 0 aliphatic carbocycles. The van der Waals surface area contributed by atoms with E-state index >= 15 is 0 Å². The minimum Gasteiger partial charge on any atom is -0.496 e. The van der Waals surface area contributed by atoms with E-state index in [9.17, 15) is 4.79 Å². The molecule has 0 bridgehead atoms. The summed E-state index contributed by atoms with van der Waals surface area (Å²) in [6.45, 7) is 0. The summed E-state index contributed by atoms with van der Waals surface area (Å²) < 4.78 is 16.2. The van der Waals surface area contributed by atoms with Gasteiger partial charge in [-0.3, -0.25) is 4.79 Å². The van der Waals surface area contributed by atoms with Crippen molar-refractivity contribution < 1.29 is 19.0 Å². The van der Waals surface area contributed by atoms with Gasteiger partial charge in [-0.05, 0) is 6.08 Å². The third kappa shape index (κ3) is 2.00. The first-order chi connectivity index (χ1) is 9.62. The van der Waals surface area contributed by atoms with Gasteiger partial charge in [-0.25, -0.2) is 4.99 Å². The van der Waals surface area contributed by atoms with Crippen LogP contribution in [-0.4, -0.2) is 31.5 Å². The van der Waals surface area contributed by atoms with Gasteiger partial charge in [0, 0.05) is 12.1 Å². The zero-order valence-electron chi connectivity index (χ0n) is 10.8. The molecule has 0 spiro atoms. The van der Waals surface area contributed by atoms with Crippen molar-refractivity contribution in [3.8, 4) is 17.2 Å². The number of aliphatic imine (C=N–C) groups is 1. The molecule has 20 heavy (non-hydrogen) atoms. The first-order valence-corrected chi connectivity index (χ1v) is 6.36. The Morgan fingerprint density at radius 1 is 1.35 bits per heavy atom. The van der Waals surface area contributed by atoms with Crippen LogP contribution in [0.1, 0.15) is 5.56 Å². The molecule has 6 nitrogen and oxygen atoms in total. The normalized spacial score (nSPS) is 19.8. The van der Waals surface area contributed by atoms with Crippen molar-refractivity contribution in [2.24, 2.45) is 4.99 Å². The average Bonchev–Trinajstić information content (AvgIpc) is 2.44. The van der Waals surface area contributed by atoms with Crippen LogP contribution in [0.2, 0.25) is 0 Å². The molecule has 1 amide bonds. The maximum Gasteiger partial charge on any atom is 0.259 e. The van der Waals surface area contributed by atoms with Crippen molar-refractivity contribution in [2.75, 3.05) is 14.2 Å². The van der Waals surface area contributed by atoms with Gasteiger partial charge >= 0.3 is 0 Å². The zero-order chi connectivity index (χ0) is 14.3. The second-order valence-corrected chi connectivity index (χ2v) is 4.67. The fourth-order valence-electron chi connectivity index (χ4n) is 2.05. The molecule has 104 valence electrons. The number of hydrogen-bond acceptors (Lipinski definition) is 6. The number of amides is 1. The van der Waals surface area contributed by atoms with E-state index in [1.807, 2.05) is 0 Å². The van der Waals surface area contributed by atoms with Crippen molar-refractivity contribution in [1.82, 2.24) is 5.32 Å². The molecular formula is C13H12N2O4S. The van der Waals surface area contributed by atoms with Gasteiger partial charge in [0.05, 0.1) is 19.8 Å². The van der Waals surface area contributed by atoms with Crippen molar-refractivity contribution in [3.63, 3.8) is 0 Å². The lowest BCUT2D eigenvalue weighted by atomic mass is 10.0. The number of ether oxygens (including phenoxy) is 3. The van der Waals surface area contributed by atoms with E-state index in [0.29, 0.717) is 28.4 Å². The summed E-state index contributed by atoms with van der Waals surface area (Å²) >= 11 is 4.11. The van der Waals surface area contributed by atoms with Crippen LogP contribution in [0.25, 0.3) is 6.08 Å². The Kier molecular flexibility index (Phi) is 3.06. The van der Waals surface area contributed by atoms with E-state index in [0.717, 1.165) is 0 Å². The summed E-state index contributed by atoms with van der Waals surface area (Å²) in [5.41, 5.74) is 0.421. The van der Waals surface area contributed by atoms with Gasteiger partial charge < -0.3 is 19.5 Å². The minimum atomic E-state index is -0.608. The number of methoxy groups -OCH3 is 2. The first-order valence-electron chi connectivity index (χ1n) is 5.85. The summed E-state index contributed by atoms with van der Waals surface area (Å²) in [4.78, 5) is 16.1. The monoisotopic (exact) mass is 292 g/mol. The molecule has 2 aliphatic heterocycles. The van der Waals surface area contributed by atoms with Crippen molar-refractivity contribution in [1.29, 1.82) is 0 Å². The van der Waals surface area contributed by atoms with Crippen LogP contribution in [-0.2, 0) is 4.79 Å². The summed E-state index contributed by atoms with van der Waals surface area (Å²) in [5.74, 6) is 1.65. The van der Waals surface area contributed by atoms with Gasteiger partial charge in [0.15, 0.2) is 5.50 Å². The molecule has 0 aromatic heterocycles. The van der Waals surface area contributed by atoms with E-state index < -0.39 is 5.50 Å². The lowest BCUT2D eigenvalue weighted by Crippen LogP contribution is -2.41. The molecule has 7 heteroatoms. The third-order valence-electron chi connectivity index (χ3n) is 3.00. The molecule has 1 N–H and O–H groups in total. The number of nitrogens with zero attached hydrogens (tertiary/aromatic N) is 1. The van der Waals surface area contributed by atoms with Crippen molar-refractivity contribution >= 4 is 30.5 Å². The second-order valence-electron chi connectivity index (χ2n) is 4.18. The number of nitrogens with one attached hydrogen (secondary N) is 1. The lowest BCUT2D eigenvalue weighted by Gasteiger charge is -2.25. The van der Waals surface area contributed by atoms with Gasteiger partial charge in [0.25, 0.3) is 5.91 Å². The Bertz CT molecular complexity index is 654. The zero-order valence-corrected chi connectivity index (χ0v) is 11.7. The molecular weight excluding hydrogens is 280 g/mol.